The number of methoxy groups -OCH3 is 2. The summed E-state index contributed by atoms with van der Waals surface area (Å²) in [7, 11) is 3.29. The van der Waals surface area contributed by atoms with E-state index in [1.165, 1.54) is 19.3 Å². The van der Waals surface area contributed by atoms with Gasteiger partial charge in [0.2, 0.25) is 0 Å². The molecule has 0 spiro atoms. The molecule has 3 rings (SSSR count). The number of aryl methyl sites for hydroxylation is 1. The number of hydrogen-bond donors (Lipinski definition) is 0. The molecule has 1 aromatic carbocycles. The number of fused-ring (bicyclic) bond motifs is 1. The number of aromatic nitrogens is 2. The smallest absolute Gasteiger partial charge is 0.162 e. The Morgan fingerprint density at radius 3 is 2.29 bits per heavy atom. The summed E-state index contributed by atoms with van der Waals surface area (Å²) in [5.74, 6) is 3.22. The van der Waals surface area contributed by atoms with Crippen molar-refractivity contribution in [2.75, 3.05) is 32.2 Å². The lowest BCUT2D eigenvalue weighted by atomic mass is 10.1. The molecule has 1 aliphatic heterocycles. The highest BCUT2D eigenvalue weighted by molar-refractivity contribution is 5.92. The first-order valence-corrected chi connectivity index (χ1v) is 7.38. The molecule has 2 aromatic rings. The van der Waals surface area contributed by atoms with Crippen molar-refractivity contribution in [2.24, 2.45) is 0 Å². The Hall–Kier alpha value is -2.04. The first-order chi connectivity index (χ1) is 10.2. The van der Waals surface area contributed by atoms with Crippen LogP contribution in [0.25, 0.3) is 10.9 Å². The maximum absolute atomic E-state index is 5.42. The maximum atomic E-state index is 5.42. The summed E-state index contributed by atoms with van der Waals surface area (Å²) in [5.41, 5.74) is 0.903. The second kappa shape index (κ2) is 5.76. The number of rotatable bonds is 3. The number of nitrogens with zero attached hydrogens (tertiary/aromatic N) is 3. The quantitative estimate of drug-likeness (QED) is 0.868. The van der Waals surface area contributed by atoms with E-state index in [0.717, 1.165) is 41.4 Å². The zero-order chi connectivity index (χ0) is 14.8. The molecule has 5 nitrogen and oxygen atoms in total. The number of ether oxygens (including phenoxy) is 2. The molecule has 5 heteroatoms. The maximum Gasteiger partial charge on any atom is 0.162 e. The monoisotopic (exact) mass is 287 g/mol. The van der Waals surface area contributed by atoms with Crippen molar-refractivity contribution in [1.82, 2.24) is 9.97 Å². The van der Waals surface area contributed by atoms with Crippen LogP contribution in [0.1, 0.15) is 25.1 Å². The molecule has 0 amide bonds. The van der Waals surface area contributed by atoms with Gasteiger partial charge in [-0.1, -0.05) is 0 Å². The Morgan fingerprint density at radius 1 is 0.952 bits per heavy atom. The number of benzene rings is 1. The summed E-state index contributed by atoms with van der Waals surface area (Å²) in [5, 5.41) is 1.03. The number of hydrogen-bond acceptors (Lipinski definition) is 5. The van der Waals surface area contributed by atoms with E-state index in [1.54, 1.807) is 14.2 Å². The van der Waals surface area contributed by atoms with Crippen molar-refractivity contribution >= 4 is 16.7 Å². The lowest BCUT2D eigenvalue weighted by Crippen LogP contribution is -2.30. The van der Waals surface area contributed by atoms with Gasteiger partial charge in [0.15, 0.2) is 11.5 Å². The third-order valence-corrected chi connectivity index (χ3v) is 3.95. The Labute approximate surface area is 124 Å². The minimum atomic E-state index is 0.702. The predicted molar refractivity (Wildman–Crippen MR) is 83.4 cm³/mol. The van der Waals surface area contributed by atoms with Crippen molar-refractivity contribution in [1.29, 1.82) is 0 Å². The molecule has 21 heavy (non-hydrogen) atoms. The third-order valence-electron chi connectivity index (χ3n) is 3.95. The molecule has 0 unspecified atom stereocenters. The highest BCUT2D eigenvalue weighted by Gasteiger charge is 2.18. The van der Waals surface area contributed by atoms with Gasteiger partial charge in [-0.15, -0.1) is 0 Å². The fraction of sp³-hybridized carbons (Fsp3) is 0.500. The molecule has 112 valence electrons. The van der Waals surface area contributed by atoms with Gasteiger partial charge in [0.25, 0.3) is 0 Å². The van der Waals surface area contributed by atoms with Crippen LogP contribution in [0.15, 0.2) is 12.1 Å². The largest absolute Gasteiger partial charge is 0.493 e. The van der Waals surface area contributed by atoms with Crippen molar-refractivity contribution < 1.29 is 9.47 Å². The molecule has 1 aliphatic rings. The molecule has 1 fully saturated rings. The van der Waals surface area contributed by atoms with E-state index in [-0.39, 0.29) is 0 Å². The van der Waals surface area contributed by atoms with E-state index in [2.05, 4.69) is 14.9 Å². The van der Waals surface area contributed by atoms with E-state index in [0.29, 0.717) is 5.75 Å². The van der Waals surface area contributed by atoms with Crippen LogP contribution in [0.4, 0.5) is 5.82 Å². The second-order valence-electron chi connectivity index (χ2n) is 5.37. The zero-order valence-corrected chi connectivity index (χ0v) is 12.8. The summed E-state index contributed by atoms with van der Waals surface area (Å²) >= 11 is 0. The average molecular weight is 287 g/mol. The highest BCUT2D eigenvalue weighted by Crippen LogP contribution is 2.35. The summed E-state index contributed by atoms with van der Waals surface area (Å²) < 4.78 is 10.8. The molecule has 0 aliphatic carbocycles. The Morgan fingerprint density at radius 2 is 1.62 bits per heavy atom. The van der Waals surface area contributed by atoms with Crippen LogP contribution in [-0.4, -0.2) is 37.3 Å². The van der Waals surface area contributed by atoms with Crippen LogP contribution >= 0.6 is 0 Å². The zero-order valence-electron chi connectivity index (χ0n) is 12.8. The van der Waals surface area contributed by atoms with Gasteiger partial charge < -0.3 is 14.4 Å². The lowest BCUT2D eigenvalue weighted by Gasteiger charge is -2.29. The fourth-order valence-electron chi connectivity index (χ4n) is 2.90. The SMILES string of the molecule is COc1cc2nc(C)nc(N3CCCCC3)c2cc1OC. The topological polar surface area (TPSA) is 47.5 Å². The van der Waals surface area contributed by atoms with Crippen LogP contribution in [0, 0.1) is 6.92 Å². The average Bonchev–Trinajstić information content (AvgIpc) is 2.53. The summed E-state index contributed by atoms with van der Waals surface area (Å²) in [6.45, 7) is 4.05. The van der Waals surface area contributed by atoms with Crippen molar-refractivity contribution in [3.63, 3.8) is 0 Å². The van der Waals surface area contributed by atoms with Gasteiger partial charge >= 0.3 is 0 Å². The van der Waals surface area contributed by atoms with Gasteiger partial charge in [-0.2, -0.15) is 0 Å². The summed E-state index contributed by atoms with van der Waals surface area (Å²) in [6, 6.07) is 3.91. The molecule has 0 bridgehead atoms. The Balaban J connectivity index is 2.18. The van der Waals surface area contributed by atoms with Gasteiger partial charge in [-0.05, 0) is 32.3 Å². The minimum absolute atomic E-state index is 0.702. The predicted octanol–water partition coefficient (Wildman–Crippen LogP) is 2.95. The first kappa shape index (κ1) is 13.9. The van der Waals surface area contributed by atoms with Crippen molar-refractivity contribution in [3.8, 4) is 11.5 Å². The summed E-state index contributed by atoms with van der Waals surface area (Å²) in [6.07, 6.45) is 3.74. The molecular formula is C16H21N3O2. The molecule has 1 aromatic heterocycles. The third kappa shape index (κ3) is 2.60. The van der Waals surface area contributed by atoms with E-state index in [9.17, 15) is 0 Å². The van der Waals surface area contributed by atoms with Crippen LogP contribution in [0.2, 0.25) is 0 Å². The highest BCUT2D eigenvalue weighted by atomic mass is 16.5. The van der Waals surface area contributed by atoms with Crippen molar-refractivity contribution in [3.05, 3.63) is 18.0 Å². The van der Waals surface area contributed by atoms with Crippen LogP contribution < -0.4 is 14.4 Å². The van der Waals surface area contributed by atoms with Gasteiger partial charge in [0.05, 0.1) is 19.7 Å². The summed E-state index contributed by atoms with van der Waals surface area (Å²) in [4.78, 5) is 11.6. The second-order valence-corrected chi connectivity index (χ2v) is 5.37. The van der Waals surface area contributed by atoms with E-state index < -0.39 is 0 Å². The standard InChI is InChI=1S/C16H21N3O2/c1-11-17-13-10-15(21-3)14(20-2)9-12(13)16(18-11)19-7-5-4-6-8-19/h9-10H,4-8H2,1-3H3. The Bertz CT molecular complexity index is 652. The fourth-order valence-corrected chi connectivity index (χ4v) is 2.90. The molecule has 2 heterocycles. The van der Waals surface area contributed by atoms with Gasteiger partial charge in [0.1, 0.15) is 11.6 Å². The van der Waals surface area contributed by atoms with Crippen LogP contribution in [-0.2, 0) is 0 Å². The van der Waals surface area contributed by atoms with E-state index in [1.807, 2.05) is 19.1 Å². The van der Waals surface area contributed by atoms with Crippen LogP contribution in [0.3, 0.4) is 0 Å². The molecular weight excluding hydrogens is 266 g/mol. The molecule has 1 saturated heterocycles. The Kier molecular flexibility index (Phi) is 3.82. The van der Waals surface area contributed by atoms with Gasteiger partial charge in [-0.3, -0.25) is 0 Å². The number of piperidine rings is 1. The lowest BCUT2D eigenvalue weighted by molar-refractivity contribution is 0.355. The van der Waals surface area contributed by atoms with Crippen molar-refractivity contribution in [2.45, 2.75) is 26.2 Å². The molecule has 0 saturated carbocycles. The van der Waals surface area contributed by atoms with Crippen LogP contribution in [0.5, 0.6) is 11.5 Å². The van der Waals surface area contributed by atoms with Gasteiger partial charge in [-0.25, -0.2) is 9.97 Å². The number of anilines is 1. The van der Waals surface area contributed by atoms with E-state index >= 15 is 0 Å². The molecule has 0 N–H and O–H groups in total. The first-order valence-electron chi connectivity index (χ1n) is 7.38. The molecule has 0 atom stereocenters. The normalized spacial score (nSPS) is 15.3. The minimum Gasteiger partial charge on any atom is -0.493 e. The van der Waals surface area contributed by atoms with E-state index in [4.69, 9.17) is 9.47 Å². The van der Waals surface area contributed by atoms with Gasteiger partial charge in [0, 0.05) is 24.5 Å². The molecule has 0 radical (unpaired) electrons.